The summed E-state index contributed by atoms with van der Waals surface area (Å²) in [5.74, 6) is 1.88. The lowest BCUT2D eigenvalue weighted by molar-refractivity contribution is 0.491. The standard InChI is InChI=1S/C14H12F4N2/c1-7-5-8(12(18)6-11(7)17)14(20-19)13-9(15)3-2-4-10(13)16/h2-6,14,20H,19H2,1H3. The molecule has 2 nitrogen and oxygen atoms in total. The molecule has 106 valence electrons. The van der Waals surface area contributed by atoms with Gasteiger partial charge >= 0.3 is 0 Å². The zero-order chi connectivity index (χ0) is 14.9. The molecule has 2 rings (SSSR count). The first-order valence-corrected chi connectivity index (χ1v) is 5.81. The summed E-state index contributed by atoms with van der Waals surface area (Å²) >= 11 is 0. The van der Waals surface area contributed by atoms with Crippen molar-refractivity contribution in [1.29, 1.82) is 0 Å². The van der Waals surface area contributed by atoms with Crippen molar-refractivity contribution in [3.05, 3.63) is 70.3 Å². The molecule has 0 bridgehead atoms. The maximum Gasteiger partial charge on any atom is 0.131 e. The molecule has 6 heteroatoms. The van der Waals surface area contributed by atoms with Crippen LogP contribution in [0.2, 0.25) is 0 Å². The normalized spacial score (nSPS) is 12.5. The van der Waals surface area contributed by atoms with Crippen LogP contribution in [0.4, 0.5) is 17.6 Å². The summed E-state index contributed by atoms with van der Waals surface area (Å²) in [6, 6.07) is 3.84. The van der Waals surface area contributed by atoms with Crippen LogP contribution in [-0.2, 0) is 0 Å². The van der Waals surface area contributed by atoms with Crippen molar-refractivity contribution in [3.8, 4) is 0 Å². The first-order chi connectivity index (χ1) is 9.45. The van der Waals surface area contributed by atoms with E-state index in [1.807, 2.05) is 0 Å². The van der Waals surface area contributed by atoms with Crippen molar-refractivity contribution in [2.45, 2.75) is 13.0 Å². The van der Waals surface area contributed by atoms with Gasteiger partial charge in [-0.3, -0.25) is 5.84 Å². The van der Waals surface area contributed by atoms with Crippen LogP contribution in [0.25, 0.3) is 0 Å². The van der Waals surface area contributed by atoms with Crippen LogP contribution in [0.15, 0.2) is 30.3 Å². The van der Waals surface area contributed by atoms with Crippen LogP contribution in [0.3, 0.4) is 0 Å². The lowest BCUT2D eigenvalue weighted by atomic mass is 9.96. The Kier molecular flexibility index (Phi) is 4.06. The molecule has 0 fully saturated rings. The summed E-state index contributed by atoms with van der Waals surface area (Å²) in [6.45, 7) is 1.42. The molecule has 1 unspecified atom stereocenters. The summed E-state index contributed by atoms with van der Waals surface area (Å²) in [5.41, 5.74) is 1.77. The third-order valence-electron chi connectivity index (χ3n) is 3.04. The maximum absolute atomic E-state index is 13.8. The van der Waals surface area contributed by atoms with Gasteiger partial charge in [-0.05, 0) is 30.7 Å². The second kappa shape index (κ2) is 5.60. The van der Waals surface area contributed by atoms with Gasteiger partial charge < -0.3 is 0 Å². The Labute approximate surface area is 113 Å². The van der Waals surface area contributed by atoms with Gasteiger partial charge in [-0.15, -0.1) is 0 Å². The third kappa shape index (κ3) is 2.52. The minimum Gasteiger partial charge on any atom is -0.271 e. The molecule has 0 aliphatic carbocycles. The zero-order valence-electron chi connectivity index (χ0n) is 10.6. The summed E-state index contributed by atoms with van der Waals surface area (Å²) in [7, 11) is 0. The van der Waals surface area contributed by atoms with E-state index in [9.17, 15) is 17.6 Å². The molecule has 0 amide bonds. The van der Waals surface area contributed by atoms with Crippen molar-refractivity contribution < 1.29 is 17.6 Å². The highest BCUT2D eigenvalue weighted by molar-refractivity contribution is 5.36. The summed E-state index contributed by atoms with van der Waals surface area (Å²) < 4.78 is 54.6. The van der Waals surface area contributed by atoms with E-state index in [2.05, 4.69) is 5.43 Å². The monoisotopic (exact) mass is 284 g/mol. The first-order valence-electron chi connectivity index (χ1n) is 5.81. The zero-order valence-corrected chi connectivity index (χ0v) is 10.6. The summed E-state index contributed by atoms with van der Waals surface area (Å²) in [5, 5.41) is 0. The first kappa shape index (κ1) is 14.5. The number of halogens is 4. The number of benzene rings is 2. The Morgan fingerprint density at radius 2 is 1.55 bits per heavy atom. The molecule has 0 aliphatic rings. The van der Waals surface area contributed by atoms with E-state index in [0.29, 0.717) is 6.07 Å². The van der Waals surface area contributed by atoms with Gasteiger partial charge in [0.1, 0.15) is 23.3 Å². The average Bonchev–Trinajstić information content (AvgIpc) is 2.39. The molecule has 1 atom stereocenters. The number of hydrogen-bond donors (Lipinski definition) is 2. The maximum atomic E-state index is 13.8. The Bertz CT molecular complexity index is 623. The number of aryl methyl sites for hydroxylation is 1. The predicted molar refractivity (Wildman–Crippen MR) is 66.6 cm³/mol. The van der Waals surface area contributed by atoms with Crippen LogP contribution >= 0.6 is 0 Å². The molecule has 0 saturated heterocycles. The lowest BCUT2D eigenvalue weighted by Crippen LogP contribution is -2.31. The summed E-state index contributed by atoms with van der Waals surface area (Å²) in [4.78, 5) is 0. The topological polar surface area (TPSA) is 38.0 Å². The molecule has 20 heavy (non-hydrogen) atoms. The molecular formula is C14H12F4N2. The van der Waals surface area contributed by atoms with Gasteiger partial charge in [0.15, 0.2) is 0 Å². The van der Waals surface area contributed by atoms with E-state index in [1.165, 1.54) is 19.1 Å². The number of nitrogens with one attached hydrogen (secondary N) is 1. The Morgan fingerprint density at radius 3 is 2.10 bits per heavy atom. The second-order valence-corrected chi connectivity index (χ2v) is 4.36. The molecular weight excluding hydrogens is 272 g/mol. The molecule has 0 aliphatic heterocycles. The quantitative estimate of drug-likeness (QED) is 0.516. The second-order valence-electron chi connectivity index (χ2n) is 4.36. The van der Waals surface area contributed by atoms with E-state index in [-0.39, 0.29) is 11.1 Å². The highest BCUT2D eigenvalue weighted by atomic mass is 19.1. The fourth-order valence-corrected chi connectivity index (χ4v) is 2.02. The molecule has 2 aromatic rings. The lowest BCUT2D eigenvalue weighted by Gasteiger charge is -2.19. The molecule has 0 spiro atoms. The van der Waals surface area contributed by atoms with Crippen molar-refractivity contribution >= 4 is 0 Å². The number of hydrogen-bond acceptors (Lipinski definition) is 2. The molecule has 3 N–H and O–H groups in total. The van der Waals surface area contributed by atoms with E-state index < -0.39 is 34.9 Å². The van der Waals surface area contributed by atoms with Gasteiger partial charge in [-0.2, -0.15) is 0 Å². The Hall–Kier alpha value is -1.92. The van der Waals surface area contributed by atoms with E-state index in [0.717, 1.165) is 12.1 Å². The van der Waals surface area contributed by atoms with Crippen LogP contribution < -0.4 is 11.3 Å². The van der Waals surface area contributed by atoms with Gasteiger partial charge in [0, 0.05) is 17.2 Å². The van der Waals surface area contributed by atoms with E-state index >= 15 is 0 Å². The predicted octanol–water partition coefficient (Wildman–Crippen LogP) is 3.10. The van der Waals surface area contributed by atoms with Crippen molar-refractivity contribution in [2.75, 3.05) is 0 Å². The van der Waals surface area contributed by atoms with Gasteiger partial charge in [0.2, 0.25) is 0 Å². The molecule has 2 aromatic carbocycles. The number of hydrazine groups is 1. The fourth-order valence-electron chi connectivity index (χ4n) is 2.02. The van der Waals surface area contributed by atoms with E-state index in [4.69, 9.17) is 5.84 Å². The van der Waals surface area contributed by atoms with Crippen LogP contribution in [0.1, 0.15) is 22.7 Å². The summed E-state index contributed by atoms with van der Waals surface area (Å²) in [6.07, 6.45) is 0. The van der Waals surface area contributed by atoms with Gasteiger partial charge in [-0.1, -0.05) is 6.07 Å². The average molecular weight is 284 g/mol. The third-order valence-corrected chi connectivity index (χ3v) is 3.04. The SMILES string of the molecule is Cc1cc(C(NN)c2c(F)cccc2F)c(F)cc1F. The molecule has 0 aromatic heterocycles. The highest BCUT2D eigenvalue weighted by Crippen LogP contribution is 2.29. The van der Waals surface area contributed by atoms with Gasteiger partial charge in [-0.25, -0.2) is 23.0 Å². The minimum atomic E-state index is -1.25. The van der Waals surface area contributed by atoms with E-state index in [1.54, 1.807) is 0 Å². The Balaban J connectivity index is 2.62. The van der Waals surface area contributed by atoms with Crippen LogP contribution in [0, 0.1) is 30.2 Å². The van der Waals surface area contributed by atoms with Crippen molar-refractivity contribution in [3.63, 3.8) is 0 Å². The molecule has 0 heterocycles. The van der Waals surface area contributed by atoms with Crippen molar-refractivity contribution in [1.82, 2.24) is 5.43 Å². The van der Waals surface area contributed by atoms with Gasteiger partial charge in [0.05, 0.1) is 6.04 Å². The van der Waals surface area contributed by atoms with Crippen LogP contribution in [0.5, 0.6) is 0 Å². The highest BCUT2D eigenvalue weighted by Gasteiger charge is 2.24. The number of nitrogens with two attached hydrogens (primary N) is 1. The smallest absolute Gasteiger partial charge is 0.131 e. The molecule has 0 radical (unpaired) electrons. The Morgan fingerprint density at radius 1 is 0.950 bits per heavy atom. The van der Waals surface area contributed by atoms with Crippen molar-refractivity contribution in [2.24, 2.45) is 5.84 Å². The minimum absolute atomic E-state index is 0.129. The largest absolute Gasteiger partial charge is 0.271 e. The van der Waals surface area contributed by atoms with Crippen LogP contribution in [-0.4, -0.2) is 0 Å². The van der Waals surface area contributed by atoms with Gasteiger partial charge in [0.25, 0.3) is 0 Å². The molecule has 0 saturated carbocycles. The fraction of sp³-hybridized carbons (Fsp3) is 0.143. The number of rotatable bonds is 3.